The van der Waals surface area contributed by atoms with Crippen molar-refractivity contribution >= 4 is 0 Å². The maximum atomic E-state index is 3.35. The zero-order valence-electron chi connectivity index (χ0n) is 12.8. The number of aryl methyl sites for hydroxylation is 3. The summed E-state index contributed by atoms with van der Waals surface area (Å²) in [5.41, 5.74) is 8.94. The molecule has 3 rings (SSSR count). The first kappa shape index (κ1) is 13.6. The van der Waals surface area contributed by atoms with Crippen molar-refractivity contribution in [2.24, 2.45) is 0 Å². The SMILES string of the molecule is Cc1cc(C)c(-c2cc[nH+]c(-c3ccccc3)c2)c(C)c1. The van der Waals surface area contributed by atoms with Crippen LogP contribution in [0.1, 0.15) is 16.7 Å². The lowest BCUT2D eigenvalue weighted by Gasteiger charge is -2.11. The summed E-state index contributed by atoms with van der Waals surface area (Å²) in [6.07, 6.45) is 2.02. The van der Waals surface area contributed by atoms with E-state index in [1.165, 1.54) is 33.4 Å². The summed E-state index contributed by atoms with van der Waals surface area (Å²) in [5, 5.41) is 0. The van der Waals surface area contributed by atoms with Crippen molar-refractivity contribution in [2.75, 3.05) is 0 Å². The Hall–Kier alpha value is -2.41. The van der Waals surface area contributed by atoms with Crippen LogP contribution in [0.15, 0.2) is 60.8 Å². The van der Waals surface area contributed by atoms with Crippen LogP contribution >= 0.6 is 0 Å². The smallest absolute Gasteiger partial charge is 0.211 e. The van der Waals surface area contributed by atoms with Gasteiger partial charge in [0, 0.05) is 17.7 Å². The zero-order chi connectivity index (χ0) is 14.8. The van der Waals surface area contributed by atoms with Crippen LogP contribution in [-0.2, 0) is 0 Å². The van der Waals surface area contributed by atoms with E-state index in [9.17, 15) is 0 Å². The Kier molecular flexibility index (Phi) is 3.57. The Morgan fingerprint density at radius 3 is 2.05 bits per heavy atom. The number of H-pyrrole nitrogens is 1. The average molecular weight is 274 g/mol. The van der Waals surface area contributed by atoms with Gasteiger partial charge in [-0.1, -0.05) is 35.9 Å². The van der Waals surface area contributed by atoms with Gasteiger partial charge in [-0.15, -0.1) is 0 Å². The number of hydrogen-bond donors (Lipinski definition) is 0. The van der Waals surface area contributed by atoms with Crippen molar-refractivity contribution in [3.8, 4) is 22.4 Å². The molecule has 0 atom stereocenters. The Morgan fingerprint density at radius 2 is 1.38 bits per heavy atom. The van der Waals surface area contributed by atoms with Gasteiger partial charge in [-0.3, -0.25) is 0 Å². The van der Waals surface area contributed by atoms with Crippen molar-refractivity contribution in [1.82, 2.24) is 0 Å². The van der Waals surface area contributed by atoms with Gasteiger partial charge >= 0.3 is 0 Å². The molecule has 0 amide bonds. The second-order valence-corrected chi connectivity index (χ2v) is 5.63. The molecule has 1 heteroatoms. The van der Waals surface area contributed by atoms with E-state index in [4.69, 9.17) is 0 Å². The number of pyridine rings is 1. The fraction of sp³-hybridized carbons (Fsp3) is 0.150. The van der Waals surface area contributed by atoms with E-state index in [0.717, 1.165) is 5.69 Å². The van der Waals surface area contributed by atoms with Gasteiger partial charge < -0.3 is 0 Å². The quantitative estimate of drug-likeness (QED) is 0.639. The third-order valence-corrected chi connectivity index (χ3v) is 3.85. The van der Waals surface area contributed by atoms with E-state index < -0.39 is 0 Å². The first-order valence-corrected chi connectivity index (χ1v) is 7.30. The number of hydrogen-bond acceptors (Lipinski definition) is 0. The van der Waals surface area contributed by atoms with Crippen LogP contribution in [0.25, 0.3) is 22.4 Å². The van der Waals surface area contributed by atoms with Crippen LogP contribution in [0.2, 0.25) is 0 Å². The Morgan fingerprint density at radius 1 is 0.714 bits per heavy atom. The summed E-state index contributed by atoms with van der Waals surface area (Å²) < 4.78 is 0. The highest BCUT2D eigenvalue weighted by molar-refractivity contribution is 5.74. The second kappa shape index (κ2) is 5.53. The highest BCUT2D eigenvalue weighted by Crippen LogP contribution is 2.29. The fourth-order valence-electron chi connectivity index (χ4n) is 3.04. The number of aromatic nitrogens is 1. The largest absolute Gasteiger partial charge is 0.211 e. The van der Waals surface area contributed by atoms with Gasteiger partial charge in [0.05, 0.1) is 0 Å². The monoisotopic (exact) mass is 274 g/mol. The first-order chi connectivity index (χ1) is 10.1. The number of benzene rings is 2. The molecule has 1 N–H and O–H groups in total. The average Bonchev–Trinajstić information content (AvgIpc) is 2.47. The van der Waals surface area contributed by atoms with Crippen molar-refractivity contribution in [3.63, 3.8) is 0 Å². The summed E-state index contributed by atoms with van der Waals surface area (Å²) in [5.74, 6) is 0. The minimum atomic E-state index is 1.15. The first-order valence-electron chi connectivity index (χ1n) is 7.30. The van der Waals surface area contributed by atoms with Crippen LogP contribution in [0.4, 0.5) is 0 Å². The van der Waals surface area contributed by atoms with Gasteiger partial charge in [-0.2, -0.15) is 0 Å². The maximum absolute atomic E-state index is 3.35. The molecule has 21 heavy (non-hydrogen) atoms. The van der Waals surface area contributed by atoms with Gasteiger partial charge in [0.2, 0.25) is 5.69 Å². The van der Waals surface area contributed by atoms with Crippen molar-refractivity contribution in [2.45, 2.75) is 20.8 Å². The Bertz CT molecular complexity index is 750. The molecule has 1 heterocycles. The molecule has 1 nitrogen and oxygen atoms in total. The molecule has 1 aromatic heterocycles. The topological polar surface area (TPSA) is 14.1 Å². The molecular formula is C20H20N+. The Labute approximate surface area is 126 Å². The molecule has 0 saturated carbocycles. The molecule has 0 radical (unpaired) electrons. The normalized spacial score (nSPS) is 10.6. The summed E-state index contributed by atoms with van der Waals surface area (Å²) >= 11 is 0. The predicted octanol–water partition coefficient (Wildman–Crippen LogP) is 4.76. The molecule has 0 saturated heterocycles. The van der Waals surface area contributed by atoms with Crippen LogP contribution in [0.3, 0.4) is 0 Å². The van der Waals surface area contributed by atoms with E-state index >= 15 is 0 Å². The van der Waals surface area contributed by atoms with Gasteiger partial charge in [0.15, 0.2) is 6.20 Å². The minimum Gasteiger partial charge on any atom is -0.211 e. The molecule has 2 aromatic carbocycles. The minimum absolute atomic E-state index is 1.15. The predicted molar refractivity (Wildman–Crippen MR) is 88.1 cm³/mol. The van der Waals surface area contributed by atoms with Gasteiger partial charge in [0.25, 0.3) is 0 Å². The number of aromatic amines is 1. The standard InChI is InChI=1S/C20H19N/c1-14-11-15(2)20(16(3)12-14)18-9-10-21-19(13-18)17-7-5-4-6-8-17/h4-13H,1-3H3/p+1. The highest BCUT2D eigenvalue weighted by Gasteiger charge is 2.11. The molecule has 0 bridgehead atoms. The van der Waals surface area contributed by atoms with E-state index in [0.29, 0.717) is 0 Å². The third kappa shape index (κ3) is 2.73. The molecule has 3 aromatic rings. The van der Waals surface area contributed by atoms with Crippen LogP contribution < -0.4 is 4.98 Å². The van der Waals surface area contributed by atoms with E-state index in [2.05, 4.69) is 74.3 Å². The van der Waals surface area contributed by atoms with Crippen LogP contribution in [0, 0.1) is 20.8 Å². The highest BCUT2D eigenvalue weighted by atomic mass is 14.7. The summed E-state index contributed by atoms with van der Waals surface area (Å²) in [6.45, 7) is 6.53. The molecule has 0 unspecified atom stereocenters. The van der Waals surface area contributed by atoms with Crippen LogP contribution in [-0.4, -0.2) is 0 Å². The lowest BCUT2D eigenvalue weighted by Crippen LogP contribution is -2.06. The van der Waals surface area contributed by atoms with Crippen molar-refractivity contribution < 1.29 is 4.98 Å². The lowest BCUT2D eigenvalue weighted by atomic mass is 9.93. The van der Waals surface area contributed by atoms with E-state index in [-0.39, 0.29) is 0 Å². The molecule has 0 spiro atoms. The molecule has 0 aliphatic heterocycles. The van der Waals surface area contributed by atoms with E-state index in [1.807, 2.05) is 12.3 Å². The summed E-state index contributed by atoms with van der Waals surface area (Å²) in [4.78, 5) is 3.35. The lowest BCUT2D eigenvalue weighted by molar-refractivity contribution is -0.364. The zero-order valence-corrected chi connectivity index (χ0v) is 12.8. The molecule has 104 valence electrons. The summed E-state index contributed by atoms with van der Waals surface area (Å²) in [7, 11) is 0. The molecule has 0 aliphatic rings. The van der Waals surface area contributed by atoms with Crippen LogP contribution in [0.5, 0.6) is 0 Å². The van der Waals surface area contributed by atoms with Gasteiger partial charge in [0.1, 0.15) is 0 Å². The van der Waals surface area contributed by atoms with Crippen molar-refractivity contribution in [3.05, 3.63) is 77.5 Å². The number of rotatable bonds is 2. The van der Waals surface area contributed by atoms with Gasteiger partial charge in [-0.25, -0.2) is 4.98 Å². The second-order valence-electron chi connectivity index (χ2n) is 5.63. The molecular weight excluding hydrogens is 254 g/mol. The van der Waals surface area contributed by atoms with Gasteiger partial charge in [-0.05, 0) is 55.2 Å². The maximum Gasteiger partial charge on any atom is 0.211 e. The Balaban J connectivity index is 2.13. The molecule has 0 fully saturated rings. The third-order valence-electron chi connectivity index (χ3n) is 3.85. The molecule has 0 aliphatic carbocycles. The number of nitrogens with one attached hydrogen (secondary N) is 1. The summed E-state index contributed by atoms with van der Waals surface area (Å²) in [6, 6.07) is 19.3. The van der Waals surface area contributed by atoms with Crippen molar-refractivity contribution in [1.29, 1.82) is 0 Å². The fourth-order valence-corrected chi connectivity index (χ4v) is 3.04. The van der Waals surface area contributed by atoms with E-state index in [1.54, 1.807) is 0 Å².